The van der Waals surface area contributed by atoms with Gasteiger partial charge < -0.3 is 25.8 Å². The highest BCUT2D eigenvalue weighted by Gasteiger charge is 2.46. The van der Waals surface area contributed by atoms with Gasteiger partial charge in [0.1, 0.15) is 17.9 Å². The number of hydrogen-bond acceptors (Lipinski definition) is 5. The Morgan fingerprint density at radius 2 is 1.51 bits per heavy atom. The average molecular weight is 664 g/mol. The first-order valence-corrected chi connectivity index (χ1v) is 15.9. The maximum Gasteiger partial charge on any atom is 0.247 e. The Bertz CT molecular complexity index is 1470. The predicted octanol–water partition coefficient (Wildman–Crippen LogP) is 3.63. The Hall–Kier alpha value is -4.28. The molecule has 4 atom stereocenters. The van der Waals surface area contributed by atoms with E-state index in [1.165, 1.54) is 12.1 Å². The fraction of sp³-hybridized carbons (Fsp3) is 0.389. The summed E-state index contributed by atoms with van der Waals surface area (Å²) in [5.74, 6) is -1.96. The summed E-state index contributed by atoms with van der Waals surface area (Å²) >= 11 is 0. The molecule has 3 N–H and O–H groups in total. The third-order valence-corrected chi connectivity index (χ3v) is 8.94. The fourth-order valence-electron chi connectivity index (χ4n) is 6.46. The molecule has 2 fully saturated rings. The van der Waals surface area contributed by atoms with E-state index in [1.54, 1.807) is 35.9 Å². The van der Waals surface area contributed by atoms with E-state index in [1.807, 2.05) is 60.7 Å². The lowest BCUT2D eigenvalue weighted by Gasteiger charge is -2.39. The van der Waals surface area contributed by atoms with Crippen molar-refractivity contribution < 1.29 is 23.6 Å². The third-order valence-electron chi connectivity index (χ3n) is 8.94. The van der Waals surface area contributed by atoms with Crippen LogP contribution in [0.5, 0.6) is 0 Å². The van der Waals surface area contributed by atoms with Crippen molar-refractivity contribution in [2.45, 2.75) is 56.8 Å². The summed E-state index contributed by atoms with van der Waals surface area (Å²) in [5, 5.41) is 9.09. The molecule has 11 heteroatoms. The van der Waals surface area contributed by atoms with E-state index >= 15 is 0 Å². The van der Waals surface area contributed by atoms with Crippen LogP contribution in [-0.2, 0) is 25.6 Å². The molecule has 0 spiro atoms. The highest BCUT2D eigenvalue weighted by atomic mass is 35.5. The van der Waals surface area contributed by atoms with Gasteiger partial charge in [-0.3, -0.25) is 19.2 Å². The molecule has 2 saturated heterocycles. The Morgan fingerprint density at radius 1 is 0.894 bits per heavy atom. The Kier molecular flexibility index (Phi) is 12.5. The normalized spacial score (nSPS) is 20.0. The summed E-state index contributed by atoms with van der Waals surface area (Å²) in [6.45, 7) is 2.51. The van der Waals surface area contributed by atoms with Gasteiger partial charge in [0.05, 0.1) is 12.5 Å². The smallest absolute Gasteiger partial charge is 0.247 e. The lowest BCUT2D eigenvalue weighted by molar-refractivity contribution is -0.147. The van der Waals surface area contributed by atoms with Crippen LogP contribution >= 0.6 is 12.4 Å². The molecule has 5 rings (SSSR count). The van der Waals surface area contributed by atoms with Gasteiger partial charge in [-0.05, 0) is 55.1 Å². The van der Waals surface area contributed by atoms with Crippen LogP contribution < -0.4 is 16.0 Å². The van der Waals surface area contributed by atoms with E-state index in [0.29, 0.717) is 37.9 Å². The van der Waals surface area contributed by atoms with Crippen molar-refractivity contribution >= 4 is 36.0 Å². The fourth-order valence-corrected chi connectivity index (χ4v) is 6.46. The number of carbonyl (C=O) groups excluding carboxylic acids is 4. The second-order valence-electron chi connectivity index (χ2n) is 12.2. The standard InChI is InChI=1S/C36H42FN5O4.ClH/c1-24(22-38-2)34(44)39-30-23-41(32(43)21-25-13-15-28(37)16-14-25)20-19-29-17-18-31(42(29)36(30)46)35(45)40-33(26-9-5-3-6-10-26)27-11-7-4-8-12-27;/h3-16,24,29-31,33,38H,17-23H2,1-2H3,(H,39,44)(H,40,45);1H/t24-,29-,30+,31+;/m1./s1. The monoisotopic (exact) mass is 663 g/mol. The zero-order valence-electron chi connectivity index (χ0n) is 26.7. The number of amides is 4. The second-order valence-corrected chi connectivity index (χ2v) is 12.2. The van der Waals surface area contributed by atoms with E-state index in [9.17, 15) is 23.6 Å². The number of hydrogen-bond donors (Lipinski definition) is 3. The van der Waals surface area contributed by atoms with Crippen LogP contribution in [0.25, 0.3) is 0 Å². The molecule has 3 aromatic rings. The van der Waals surface area contributed by atoms with Gasteiger partial charge in [0.15, 0.2) is 0 Å². The van der Waals surface area contributed by atoms with Gasteiger partial charge in [-0.15, -0.1) is 12.4 Å². The quantitative estimate of drug-likeness (QED) is 0.307. The largest absolute Gasteiger partial charge is 0.343 e. The summed E-state index contributed by atoms with van der Waals surface area (Å²) in [6, 6.07) is 22.8. The SMILES string of the molecule is CNC[C@@H](C)C(=O)N[C@H]1CN(C(=O)Cc2ccc(F)cc2)CC[C@H]2CC[C@@H](C(=O)NC(c3ccccc3)c3ccccc3)N2C1=O.Cl. The summed E-state index contributed by atoms with van der Waals surface area (Å²) in [6.07, 6.45) is 1.62. The summed E-state index contributed by atoms with van der Waals surface area (Å²) in [5.41, 5.74) is 2.51. The molecular formula is C36H43ClFN5O4. The molecule has 2 aliphatic rings. The summed E-state index contributed by atoms with van der Waals surface area (Å²) in [7, 11) is 1.75. The highest BCUT2D eigenvalue weighted by Crippen LogP contribution is 2.31. The van der Waals surface area contributed by atoms with Crippen molar-refractivity contribution in [1.29, 1.82) is 0 Å². The number of nitrogens with one attached hydrogen (secondary N) is 3. The maximum atomic E-state index is 14.3. The molecule has 4 amide bonds. The number of nitrogens with zero attached hydrogens (tertiary/aromatic N) is 2. The number of carbonyl (C=O) groups is 4. The third kappa shape index (κ3) is 8.75. The minimum atomic E-state index is -1.03. The molecule has 2 aliphatic heterocycles. The molecule has 2 heterocycles. The van der Waals surface area contributed by atoms with Gasteiger partial charge in [-0.25, -0.2) is 4.39 Å². The van der Waals surface area contributed by atoms with Crippen molar-refractivity contribution in [1.82, 2.24) is 25.8 Å². The van der Waals surface area contributed by atoms with Crippen molar-refractivity contribution in [3.63, 3.8) is 0 Å². The van der Waals surface area contributed by atoms with Gasteiger partial charge in [0, 0.05) is 31.6 Å². The minimum Gasteiger partial charge on any atom is -0.343 e. The average Bonchev–Trinajstić information content (AvgIpc) is 3.49. The van der Waals surface area contributed by atoms with Crippen molar-refractivity contribution in [2.75, 3.05) is 26.7 Å². The lowest BCUT2D eigenvalue weighted by atomic mass is 9.98. The van der Waals surface area contributed by atoms with Crippen LogP contribution in [0.1, 0.15) is 48.9 Å². The van der Waals surface area contributed by atoms with Crippen LogP contribution in [0, 0.1) is 11.7 Å². The van der Waals surface area contributed by atoms with Crippen LogP contribution in [-0.4, -0.2) is 78.2 Å². The molecule has 0 aromatic heterocycles. The van der Waals surface area contributed by atoms with E-state index in [0.717, 1.165) is 11.1 Å². The molecule has 0 bridgehead atoms. The molecule has 0 unspecified atom stereocenters. The second kappa shape index (κ2) is 16.5. The molecule has 250 valence electrons. The molecular weight excluding hydrogens is 621 g/mol. The zero-order valence-corrected chi connectivity index (χ0v) is 27.5. The molecule has 0 saturated carbocycles. The van der Waals surface area contributed by atoms with Gasteiger partial charge >= 0.3 is 0 Å². The van der Waals surface area contributed by atoms with Crippen LogP contribution in [0.3, 0.4) is 0 Å². The van der Waals surface area contributed by atoms with E-state index < -0.39 is 24.0 Å². The Balaban J connectivity index is 0.00000500. The molecule has 3 aromatic carbocycles. The van der Waals surface area contributed by atoms with Crippen molar-refractivity contribution in [2.24, 2.45) is 5.92 Å². The van der Waals surface area contributed by atoms with Gasteiger partial charge in [-0.2, -0.15) is 0 Å². The molecule has 0 aliphatic carbocycles. The summed E-state index contributed by atoms with van der Waals surface area (Å²) < 4.78 is 13.5. The van der Waals surface area contributed by atoms with Crippen LogP contribution in [0.15, 0.2) is 84.9 Å². The first-order valence-electron chi connectivity index (χ1n) is 15.9. The molecule has 9 nitrogen and oxygen atoms in total. The molecule has 0 radical (unpaired) electrons. The summed E-state index contributed by atoms with van der Waals surface area (Å²) in [4.78, 5) is 58.3. The molecule has 47 heavy (non-hydrogen) atoms. The highest BCUT2D eigenvalue weighted by molar-refractivity contribution is 5.94. The van der Waals surface area contributed by atoms with Gasteiger partial charge in [-0.1, -0.05) is 79.7 Å². The first-order chi connectivity index (χ1) is 22.2. The van der Waals surface area contributed by atoms with E-state index in [4.69, 9.17) is 0 Å². The Labute approximate surface area is 281 Å². The number of rotatable bonds is 10. The van der Waals surface area contributed by atoms with Crippen LogP contribution in [0.4, 0.5) is 4.39 Å². The van der Waals surface area contributed by atoms with Crippen LogP contribution in [0.2, 0.25) is 0 Å². The zero-order chi connectivity index (χ0) is 32.6. The number of fused-ring (bicyclic) bond motifs is 1. The minimum absolute atomic E-state index is 0. The van der Waals surface area contributed by atoms with Crippen molar-refractivity contribution in [3.05, 3.63) is 107 Å². The first kappa shape index (κ1) is 35.6. The van der Waals surface area contributed by atoms with E-state index in [-0.39, 0.29) is 60.9 Å². The maximum absolute atomic E-state index is 14.3. The lowest BCUT2D eigenvalue weighted by Crippen LogP contribution is -2.62. The number of benzene rings is 3. The Morgan fingerprint density at radius 3 is 2.11 bits per heavy atom. The topological polar surface area (TPSA) is 111 Å². The van der Waals surface area contributed by atoms with E-state index in [2.05, 4.69) is 16.0 Å². The van der Waals surface area contributed by atoms with Gasteiger partial charge in [0.25, 0.3) is 0 Å². The number of halogens is 2. The van der Waals surface area contributed by atoms with Crippen molar-refractivity contribution in [3.8, 4) is 0 Å². The van der Waals surface area contributed by atoms with Gasteiger partial charge in [0.2, 0.25) is 23.6 Å². The predicted molar refractivity (Wildman–Crippen MR) is 180 cm³/mol.